The molecule has 5 nitrogen and oxygen atoms in total. The molecule has 0 aliphatic carbocycles. The molecular formula is C32H39N3O2. The Kier molecular flexibility index (Phi) is 9.36. The Bertz CT molecular complexity index is 1310. The molecule has 0 fully saturated rings. The third kappa shape index (κ3) is 7.22. The van der Waals surface area contributed by atoms with Gasteiger partial charge in [-0.2, -0.15) is 0 Å². The number of ether oxygens (including phenoxy) is 1. The topological polar surface area (TPSA) is 56.1 Å². The van der Waals surface area contributed by atoms with Crippen LogP contribution in [0.3, 0.4) is 0 Å². The van der Waals surface area contributed by atoms with Crippen molar-refractivity contribution >= 4 is 16.9 Å². The smallest absolute Gasteiger partial charge is 0.251 e. The van der Waals surface area contributed by atoms with Crippen LogP contribution >= 0.6 is 0 Å². The molecule has 0 radical (unpaired) electrons. The van der Waals surface area contributed by atoms with Gasteiger partial charge in [-0.25, -0.2) is 4.98 Å². The van der Waals surface area contributed by atoms with Crippen molar-refractivity contribution in [2.24, 2.45) is 0 Å². The lowest BCUT2D eigenvalue weighted by atomic mass is 10.1. The van der Waals surface area contributed by atoms with Gasteiger partial charge in [-0.15, -0.1) is 0 Å². The molecule has 4 rings (SSSR count). The second kappa shape index (κ2) is 13.1. The minimum atomic E-state index is 0.0165. The number of imidazole rings is 1. The Morgan fingerprint density at radius 3 is 2.54 bits per heavy atom. The van der Waals surface area contributed by atoms with Crippen molar-refractivity contribution in [3.8, 4) is 5.75 Å². The highest BCUT2D eigenvalue weighted by atomic mass is 16.5. The van der Waals surface area contributed by atoms with Crippen LogP contribution in [0.5, 0.6) is 5.75 Å². The summed E-state index contributed by atoms with van der Waals surface area (Å²) in [7, 11) is 0. The van der Waals surface area contributed by atoms with Gasteiger partial charge in [0.2, 0.25) is 0 Å². The van der Waals surface area contributed by atoms with E-state index in [9.17, 15) is 4.79 Å². The lowest BCUT2D eigenvalue weighted by Gasteiger charge is -2.11. The van der Waals surface area contributed by atoms with E-state index in [1.165, 1.54) is 16.6 Å². The van der Waals surface area contributed by atoms with Crippen molar-refractivity contribution in [3.05, 3.63) is 94.8 Å². The molecule has 0 saturated heterocycles. The third-order valence-electron chi connectivity index (χ3n) is 6.85. The summed E-state index contributed by atoms with van der Waals surface area (Å²) in [6.45, 7) is 8.45. The van der Waals surface area contributed by atoms with E-state index in [0.717, 1.165) is 73.3 Å². The van der Waals surface area contributed by atoms with Crippen LogP contribution in [0.2, 0.25) is 0 Å². The number of unbranched alkanes of at least 4 members (excludes halogenated alkanes) is 2. The van der Waals surface area contributed by atoms with Crippen molar-refractivity contribution in [2.75, 3.05) is 13.2 Å². The van der Waals surface area contributed by atoms with Crippen LogP contribution in [0.1, 0.15) is 65.5 Å². The average molecular weight is 498 g/mol. The van der Waals surface area contributed by atoms with Crippen LogP contribution in [0, 0.1) is 13.8 Å². The number of aryl methyl sites for hydroxylation is 5. The van der Waals surface area contributed by atoms with Gasteiger partial charge < -0.3 is 14.6 Å². The van der Waals surface area contributed by atoms with Gasteiger partial charge in [0.1, 0.15) is 11.6 Å². The van der Waals surface area contributed by atoms with Crippen molar-refractivity contribution in [3.63, 3.8) is 0 Å². The summed E-state index contributed by atoms with van der Waals surface area (Å²) in [6.07, 6.45) is 5.95. The van der Waals surface area contributed by atoms with E-state index >= 15 is 0 Å². The zero-order valence-corrected chi connectivity index (χ0v) is 22.4. The highest BCUT2D eigenvalue weighted by molar-refractivity contribution is 5.95. The van der Waals surface area contributed by atoms with Crippen LogP contribution in [-0.4, -0.2) is 28.6 Å². The summed E-state index contributed by atoms with van der Waals surface area (Å²) in [5.74, 6) is 2.08. The quantitative estimate of drug-likeness (QED) is 0.206. The third-order valence-corrected chi connectivity index (χ3v) is 6.85. The minimum absolute atomic E-state index is 0.0165. The molecule has 0 unspecified atom stereocenters. The molecule has 0 aliphatic heterocycles. The highest BCUT2D eigenvalue weighted by Gasteiger charge is 2.11. The van der Waals surface area contributed by atoms with Gasteiger partial charge in [-0.1, -0.05) is 55.3 Å². The van der Waals surface area contributed by atoms with E-state index in [0.29, 0.717) is 13.2 Å². The van der Waals surface area contributed by atoms with Gasteiger partial charge in [0.25, 0.3) is 5.91 Å². The summed E-state index contributed by atoms with van der Waals surface area (Å²) in [6, 6.07) is 22.7. The number of carbonyl (C=O) groups excluding carboxylic acids is 1. The number of benzene rings is 3. The molecule has 1 heterocycles. The second-order valence-corrected chi connectivity index (χ2v) is 9.75. The minimum Gasteiger partial charge on any atom is -0.494 e. The monoisotopic (exact) mass is 497 g/mol. The number of hydrogen-bond donors (Lipinski definition) is 1. The lowest BCUT2D eigenvalue weighted by molar-refractivity contribution is 0.0952. The zero-order chi connectivity index (χ0) is 26.0. The molecule has 0 spiro atoms. The van der Waals surface area contributed by atoms with Crippen molar-refractivity contribution in [1.29, 1.82) is 0 Å². The number of rotatable bonds is 13. The van der Waals surface area contributed by atoms with Crippen molar-refractivity contribution in [1.82, 2.24) is 14.9 Å². The van der Waals surface area contributed by atoms with Gasteiger partial charge in [-0.05, 0) is 81.0 Å². The van der Waals surface area contributed by atoms with Crippen LogP contribution in [0.25, 0.3) is 11.0 Å². The predicted molar refractivity (Wildman–Crippen MR) is 151 cm³/mol. The number of nitrogens with zero attached hydrogens (tertiary/aromatic N) is 2. The largest absolute Gasteiger partial charge is 0.494 e. The Morgan fingerprint density at radius 1 is 0.946 bits per heavy atom. The summed E-state index contributed by atoms with van der Waals surface area (Å²) in [4.78, 5) is 17.4. The molecule has 194 valence electrons. The fourth-order valence-electron chi connectivity index (χ4n) is 4.75. The Hall–Kier alpha value is -3.60. The number of hydrogen-bond acceptors (Lipinski definition) is 3. The fourth-order valence-corrected chi connectivity index (χ4v) is 4.75. The van der Waals surface area contributed by atoms with Crippen LogP contribution in [-0.2, 0) is 19.4 Å². The summed E-state index contributed by atoms with van der Waals surface area (Å²) >= 11 is 0. The number of para-hydroxylation sites is 2. The average Bonchev–Trinajstić information content (AvgIpc) is 3.26. The van der Waals surface area contributed by atoms with Gasteiger partial charge in [0.05, 0.1) is 17.6 Å². The Labute approximate surface area is 220 Å². The molecule has 1 amide bonds. The van der Waals surface area contributed by atoms with Gasteiger partial charge in [0, 0.05) is 25.1 Å². The molecule has 3 aromatic carbocycles. The number of amides is 1. The Balaban J connectivity index is 1.24. The molecule has 1 aromatic heterocycles. The van der Waals surface area contributed by atoms with Crippen LogP contribution < -0.4 is 10.1 Å². The van der Waals surface area contributed by atoms with E-state index in [2.05, 4.69) is 65.3 Å². The molecule has 37 heavy (non-hydrogen) atoms. The summed E-state index contributed by atoms with van der Waals surface area (Å²) in [5, 5.41) is 3.07. The van der Waals surface area contributed by atoms with Gasteiger partial charge in [0.15, 0.2) is 0 Å². The zero-order valence-electron chi connectivity index (χ0n) is 22.4. The van der Waals surface area contributed by atoms with Crippen LogP contribution in [0.4, 0.5) is 0 Å². The second-order valence-electron chi connectivity index (χ2n) is 9.75. The van der Waals surface area contributed by atoms with E-state index in [-0.39, 0.29) is 5.91 Å². The van der Waals surface area contributed by atoms with Gasteiger partial charge >= 0.3 is 0 Å². The molecule has 0 bridgehead atoms. The fraction of sp³-hybridized carbons (Fsp3) is 0.375. The van der Waals surface area contributed by atoms with Gasteiger partial charge in [-0.3, -0.25) is 4.79 Å². The molecule has 1 N–H and O–H groups in total. The maximum absolute atomic E-state index is 12.5. The molecule has 0 aliphatic rings. The van der Waals surface area contributed by atoms with Crippen molar-refractivity contribution < 1.29 is 9.53 Å². The highest BCUT2D eigenvalue weighted by Crippen LogP contribution is 2.19. The predicted octanol–water partition coefficient (Wildman–Crippen LogP) is 6.83. The van der Waals surface area contributed by atoms with E-state index in [1.807, 2.05) is 32.0 Å². The normalized spacial score (nSPS) is 11.1. The SMILES string of the molecule is CCc1ccc(OCCCn2c(CCCCCNC(=O)c3ccc(C)cc3C)nc3ccccc32)cc1. The number of carbonyl (C=O) groups is 1. The first kappa shape index (κ1) is 26.5. The molecule has 0 atom stereocenters. The number of aromatic nitrogens is 2. The number of fused-ring (bicyclic) bond motifs is 1. The summed E-state index contributed by atoms with van der Waals surface area (Å²) in [5.41, 5.74) is 6.53. The maximum Gasteiger partial charge on any atom is 0.251 e. The maximum atomic E-state index is 12.5. The van der Waals surface area contributed by atoms with Crippen LogP contribution in [0.15, 0.2) is 66.7 Å². The number of nitrogens with one attached hydrogen (secondary N) is 1. The molecular weight excluding hydrogens is 458 g/mol. The first-order chi connectivity index (χ1) is 18.0. The molecule has 5 heteroatoms. The van der Waals surface area contributed by atoms with E-state index in [1.54, 1.807) is 0 Å². The molecule has 4 aromatic rings. The van der Waals surface area contributed by atoms with E-state index in [4.69, 9.17) is 9.72 Å². The molecule has 0 saturated carbocycles. The standard InChI is InChI=1S/C32H39N3O2/c1-4-26-15-17-27(18-16-26)37-22-10-21-35-30-12-8-7-11-29(30)34-31(35)13-6-5-9-20-33-32(36)28-19-14-24(2)23-25(28)3/h7-8,11-12,14-19,23H,4-6,9-10,13,20-22H2,1-3H3,(H,33,36). The Morgan fingerprint density at radius 2 is 1.76 bits per heavy atom. The summed E-state index contributed by atoms with van der Waals surface area (Å²) < 4.78 is 8.33. The lowest BCUT2D eigenvalue weighted by Crippen LogP contribution is -2.25. The first-order valence-electron chi connectivity index (χ1n) is 13.6. The van der Waals surface area contributed by atoms with E-state index < -0.39 is 0 Å². The van der Waals surface area contributed by atoms with Crippen molar-refractivity contribution in [2.45, 2.75) is 65.8 Å². The first-order valence-corrected chi connectivity index (χ1v) is 13.6.